The summed E-state index contributed by atoms with van der Waals surface area (Å²) < 4.78 is 0. The fraction of sp³-hybridized carbons (Fsp3) is 0.143. The van der Waals surface area contributed by atoms with Crippen LogP contribution in [-0.4, -0.2) is 0 Å². The highest BCUT2D eigenvalue weighted by Gasteiger charge is 2.16. The number of hydrogen-bond donors (Lipinski definition) is 0. The van der Waals surface area contributed by atoms with Crippen LogP contribution in [-0.2, 0) is 0 Å². The molecule has 0 saturated heterocycles. The monoisotopic (exact) mass is 467 g/mol. The van der Waals surface area contributed by atoms with Crippen LogP contribution in [0.25, 0.3) is 11.6 Å². The van der Waals surface area contributed by atoms with Gasteiger partial charge in [0.15, 0.2) is 0 Å². The maximum Gasteiger partial charge on any atom is 0.0462 e. The molecule has 0 spiro atoms. The summed E-state index contributed by atoms with van der Waals surface area (Å²) in [5.74, 6) is 0.471. The van der Waals surface area contributed by atoms with E-state index in [-0.39, 0.29) is 0 Å². The number of anilines is 3. The van der Waals surface area contributed by atoms with Gasteiger partial charge in [-0.15, -0.1) is 0 Å². The molecule has 0 atom stereocenters. The van der Waals surface area contributed by atoms with Crippen LogP contribution in [0.2, 0.25) is 0 Å². The molecular weight excluding hydrogens is 434 g/mol. The maximum atomic E-state index is 2.37. The molecule has 4 aromatic carbocycles. The third kappa shape index (κ3) is 5.58. The van der Waals surface area contributed by atoms with E-state index >= 15 is 0 Å². The van der Waals surface area contributed by atoms with E-state index in [4.69, 9.17) is 0 Å². The smallest absolute Gasteiger partial charge is 0.0462 e. The third-order valence-electron chi connectivity index (χ3n) is 6.83. The van der Waals surface area contributed by atoms with E-state index < -0.39 is 0 Å². The standard InChI is InChI=1S/C35H33N/c1-27-14-20-32(21-15-27)36(33-22-16-28(2)17-23-33)34-24-18-29(19-25-34)26-35(31-12-8-5-9-13-31)30-10-6-3-4-7-11-30/h3-9,12-26,30H,10-11H2,1-2H3/b35-26-. The summed E-state index contributed by atoms with van der Waals surface area (Å²) in [6.45, 7) is 4.26. The van der Waals surface area contributed by atoms with E-state index in [1.54, 1.807) is 0 Å². The summed E-state index contributed by atoms with van der Waals surface area (Å²) >= 11 is 0. The van der Waals surface area contributed by atoms with Crippen molar-refractivity contribution in [2.75, 3.05) is 4.90 Å². The van der Waals surface area contributed by atoms with Gasteiger partial charge in [0.25, 0.3) is 0 Å². The average molecular weight is 468 g/mol. The first kappa shape index (κ1) is 23.6. The molecule has 1 aliphatic rings. The van der Waals surface area contributed by atoms with Gasteiger partial charge in [-0.05, 0) is 85.7 Å². The number of rotatable bonds is 6. The second-order valence-corrected chi connectivity index (χ2v) is 9.59. The highest BCUT2D eigenvalue weighted by atomic mass is 15.1. The van der Waals surface area contributed by atoms with Crippen LogP contribution in [0.5, 0.6) is 0 Å². The molecule has 0 N–H and O–H groups in total. The second-order valence-electron chi connectivity index (χ2n) is 9.59. The molecule has 0 aliphatic heterocycles. The Hall–Kier alpha value is -4.10. The van der Waals surface area contributed by atoms with E-state index in [1.165, 1.54) is 27.8 Å². The zero-order chi connectivity index (χ0) is 24.7. The molecule has 0 amide bonds. The van der Waals surface area contributed by atoms with Crippen molar-refractivity contribution in [3.05, 3.63) is 150 Å². The van der Waals surface area contributed by atoms with Gasteiger partial charge >= 0.3 is 0 Å². The molecule has 1 aliphatic carbocycles. The fourth-order valence-electron chi connectivity index (χ4n) is 4.79. The molecule has 0 heterocycles. The van der Waals surface area contributed by atoms with Gasteiger partial charge in [-0.1, -0.05) is 108 Å². The molecule has 0 aromatic heterocycles. The number of aryl methyl sites for hydroxylation is 2. The molecule has 0 unspecified atom stereocenters. The van der Waals surface area contributed by atoms with Crippen LogP contribution in [0, 0.1) is 19.8 Å². The van der Waals surface area contributed by atoms with E-state index in [1.807, 2.05) is 0 Å². The summed E-state index contributed by atoms with van der Waals surface area (Å²) in [6, 6.07) is 37.3. The largest absolute Gasteiger partial charge is 0.311 e. The van der Waals surface area contributed by atoms with E-state index in [0.717, 1.165) is 29.9 Å². The van der Waals surface area contributed by atoms with Gasteiger partial charge < -0.3 is 4.90 Å². The normalized spacial score (nSPS) is 14.0. The van der Waals surface area contributed by atoms with Gasteiger partial charge in [-0.2, -0.15) is 0 Å². The molecular formula is C35H33N. The average Bonchev–Trinajstić information content (AvgIpc) is 3.20. The number of benzene rings is 4. The predicted octanol–water partition coefficient (Wildman–Crippen LogP) is 9.84. The molecule has 4 aromatic rings. The van der Waals surface area contributed by atoms with Gasteiger partial charge in [0.2, 0.25) is 0 Å². The van der Waals surface area contributed by atoms with Gasteiger partial charge in [-0.3, -0.25) is 0 Å². The van der Waals surface area contributed by atoms with Crippen molar-refractivity contribution in [3.8, 4) is 0 Å². The molecule has 1 heteroatoms. The lowest BCUT2D eigenvalue weighted by atomic mass is 9.86. The van der Waals surface area contributed by atoms with Crippen LogP contribution < -0.4 is 4.90 Å². The van der Waals surface area contributed by atoms with Crippen LogP contribution in [0.15, 0.2) is 127 Å². The topological polar surface area (TPSA) is 3.24 Å². The first-order chi connectivity index (χ1) is 17.7. The molecule has 1 nitrogen and oxygen atoms in total. The Balaban J connectivity index is 1.52. The Morgan fingerprint density at radius 1 is 0.611 bits per heavy atom. The van der Waals surface area contributed by atoms with Crippen molar-refractivity contribution < 1.29 is 0 Å². The highest BCUT2D eigenvalue weighted by Crippen LogP contribution is 2.36. The van der Waals surface area contributed by atoms with Crippen molar-refractivity contribution in [1.29, 1.82) is 0 Å². The van der Waals surface area contributed by atoms with Crippen molar-refractivity contribution >= 4 is 28.7 Å². The quantitative estimate of drug-likeness (QED) is 0.255. The Bertz CT molecular complexity index is 1300. The van der Waals surface area contributed by atoms with Gasteiger partial charge in [0.05, 0.1) is 0 Å². The second kappa shape index (κ2) is 11.1. The van der Waals surface area contributed by atoms with Crippen LogP contribution in [0.1, 0.15) is 35.1 Å². The molecule has 0 fully saturated rings. The lowest BCUT2D eigenvalue weighted by Crippen LogP contribution is -2.09. The van der Waals surface area contributed by atoms with E-state index in [2.05, 4.69) is 152 Å². The lowest BCUT2D eigenvalue weighted by molar-refractivity contribution is 0.701. The molecule has 178 valence electrons. The lowest BCUT2D eigenvalue weighted by Gasteiger charge is -2.26. The highest BCUT2D eigenvalue weighted by molar-refractivity contribution is 5.84. The first-order valence-corrected chi connectivity index (χ1v) is 12.8. The summed E-state index contributed by atoms with van der Waals surface area (Å²) in [6.07, 6.45) is 13.4. The fourth-order valence-corrected chi connectivity index (χ4v) is 4.79. The molecule has 5 rings (SSSR count). The minimum Gasteiger partial charge on any atom is -0.311 e. The van der Waals surface area contributed by atoms with Crippen molar-refractivity contribution in [2.24, 2.45) is 5.92 Å². The Morgan fingerprint density at radius 3 is 1.58 bits per heavy atom. The first-order valence-electron chi connectivity index (χ1n) is 12.8. The van der Waals surface area contributed by atoms with Gasteiger partial charge in [-0.25, -0.2) is 0 Å². The predicted molar refractivity (Wildman–Crippen MR) is 156 cm³/mol. The molecule has 0 bridgehead atoms. The SMILES string of the molecule is Cc1ccc(N(c2ccc(C)cc2)c2ccc(/C=C(\c3ccccc3)C3CC=CC=CC3)cc2)cc1. The minimum atomic E-state index is 0.471. The number of nitrogens with zero attached hydrogens (tertiary/aromatic N) is 1. The van der Waals surface area contributed by atoms with Crippen molar-refractivity contribution in [3.63, 3.8) is 0 Å². The van der Waals surface area contributed by atoms with E-state index in [0.29, 0.717) is 5.92 Å². The number of allylic oxidation sites excluding steroid dienone is 5. The Morgan fingerprint density at radius 2 is 1.08 bits per heavy atom. The Kier molecular flexibility index (Phi) is 7.28. The third-order valence-corrected chi connectivity index (χ3v) is 6.83. The van der Waals surface area contributed by atoms with Crippen LogP contribution >= 0.6 is 0 Å². The minimum absolute atomic E-state index is 0.471. The van der Waals surface area contributed by atoms with Crippen molar-refractivity contribution in [2.45, 2.75) is 26.7 Å². The van der Waals surface area contributed by atoms with Gasteiger partial charge in [0.1, 0.15) is 0 Å². The summed E-state index contributed by atoms with van der Waals surface area (Å²) in [5.41, 5.74) is 9.93. The van der Waals surface area contributed by atoms with Gasteiger partial charge in [0, 0.05) is 17.1 Å². The van der Waals surface area contributed by atoms with E-state index in [9.17, 15) is 0 Å². The maximum absolute atomic E-state index is 2.37. The zero-order valence-corrected chi connectivity index (χ0v) is 21.1. The summed E-state index contributed by atoms with van der Waals surface area (Å²) in [7, 11) is 0. The summed E-state index contributed by atoms with van der Waals surface area (Å²) in [4.78, 5) is 2.32. The number of hydrogen-bond acceptors (Lipinski definition) is 1. The van der Waals surface area contributed by atoms with Crippen LogP contribution in [0.3, 0.4) is 0 Å². The molecule has 0 radical (unpaired) electrons. The van der Waals surface area contributed by atoms with Crippen LogP contribution in [0.4, 0.5) is 17.1 Å². The zero-order valence-electron chi connectivity index (χ0n) is 21.1. The van der Waals surface area contributed by atoms with Crippen molar-refractivity contribution in [1.82, 2.24) is 0 Å². The molecule has 0 saturated carbocycles. The molecule has 36 heavy (non-hydrogen) atoms. The Labute approximate surface area is 215 Å². The summed E-state index contributed by atoms with van der Waals surface area (Å²) in [5, 5.41) is 0.